The molecule has 0 aromatic heterocycles. The Morgan fingerprint density at radius 2 is 1.96 bits per heavy atom. The van der Waals surface area contributed by atoms with Gasteiger partial charge in [0.05, 0.1) is 4.90 Å². The van der Waals surface area contributed by atoms with Crippen LogP contribution >= 0.6 is 0 Å². The Hall–Kier alpha value is -1.89. The number of nitrogens with one attached hydrogen (secondary N) is 2. The maximum absolute atomic E-state index is 12.3. The Morgan fingerprint density at radius 1 is 1.26 bits per heavy atom. The number of fused-ring (bicyclic) bond motifs is 1. The first-order valence-electron chi connectivity index (χ1n) is 7.98. The summed E-state index contributed by atoms with van der Waals surface area (Å²) >= 11 is 0. The maximum Gasteiger partial charge on any atom is 0.263 e. The van der Waals surface area contributed by atoms with Crippen LogP contribution in [0.3, 0.4) is 0 Å². The summed E-state index contributed by atoms with van der Waals surface area (Å²) in [5.41, 5.74) is 0.518. The van der Waals surface area contributed by atoms with Gasteiger partial charge in [0.15, 0.2) is 0 Å². The van der Waals surface area contributed by atoms with E-state index in [9.17, 15) is 13.2 Å². The fraction of sp³-hybridized carbons (Fsp3) is 0.500. The molecule has 2 N–H and O–H groups in total. The predicted octanol–water partition coefficient (Wildman–Crippen LogP) is 1.56. The highest BCUT2D eigenvalue weighted by molar-refractivity contribution is 7.90. The normalized spacial score (nSPS) is 23.1. The van der Waals surface area contributed by atoms with E-state index in [0.717, 1.165) is 25.7 Å². The zero-order chi connectivity index (χ0) is 16.4. The molecule has 1 atom stereocenters. The number of amides is 1. The summed E-state index contributed by atoms with van der Waals surface area (Å²) in [5, 5.41) is 3.01. The van der Waals surface area contributed by atoms with E-state index in [4.69, 9.17) is 0 Å². The minimum absolute atomic E-state index is 0.159. The molecule has 1 heterocycles. The number of hydrogen-bond donors (Lipinski definition) is 2. The molecule has 1 aromatic carbocycles. The molecule has 23 heavy (non-hydrogen) atoms. The number of benzene rings is 1. The van der Waals surface area contributed by atoms with Crippen molar-refractivity contribution in [2.45, 2.75) is 56.0 Å². The molecule has 2 aliphatic rings. The fourth-order valence-corrected chi connectivity index (χ4v) is 4.29. The summed E-state index contributed by atoms with van der Waals surface area (Å²) in [7, 11) is -3.57. The van der Waals surface area contributed by atoms with Crippen molar-refractivity contribution in [2.24, 2.45) is 4.99 Å². The molecule has 0 saturated heterocycles. The average Bonchev–Trinajstić information content (AvgIpc) is 2.79. The molecule has 1 saturated carbocycles. The first-order chi connectivity index (χ1) is 11.0. The zero-order valence-corrected chi connectivity index (χ0v) is 13.9. The average molecular weight is 335 g/mol. The highest BCUT2D eigenvalue weighted by Crippen LogP contribution is 2.22. The van der Waals surface area contributed by atoms with Gasteiger partial charge in [-0.15, -0.1) is 0 Å². The van der Waals surface area contributed by atoms with E-state index >= 15 is 0 Å². The zero-order valence-electron chi connectivity index (χ0n) is 13.1. The van der Waals surface area contributed by atoms with E-state index in [1.54, 1.807) is 25.1 Å². The van der Waals surface area contributed by atoms with Gasteiger partial charge in [-0.2, -0.15) is 0 Å². The summed E-state index contributed by atoms with van der Waals surface area (Å²) < 4.78 is 26.5. The Morgan fingerprint density at radius 3 is 2.70 bits per heavy atom. The molecule has 1 aliphatic carbocycles. The van der Waals surface area contributed by atoms with Gasteiger partial charge in [-0.05, 0) is 31.9 Å². The molecular formula is C16H21N3O3S. The van der Waals surface area contributed by atoms with E-state index in [1.807, 2.05) is 0 Å². The van der Waals surface area contributed by atoms with Crippen LogP contribution in [0.25, 0.3) is 0 Å². The Labute approximate surface area is 136 Å². The van der Waals surface area contributed by atoms with Gasteiger partial charge < -0.3 is 5.32 Å². The molecule has 1 aromatic rings. The molecular weight excluding hydrogens is 314 g/mol. The molecule has 3 rings (SSSR count). The van der Waals surface area contributed by atoms with Crippen molar-refractivity contribution in [1.29, 1.82) is 0 Å². The van der Waals surface area contributed by atoms with Crippen molar-refractivity contribution >= 4 is 21.8 Å². The van der Waals surface area contributed by atoms with Gasteiger partial charge in [0, 0.05) is 11.6 Å². The van der Waals surface area contributed by atoms with Crippen molar-refractivity contribution in [2.75, 3.05) is 0 Å². The third kappa shape index (κ3) is 3.39. The van der Waals surface area contributed by atoms with Gasteiger partial charge in [0.2, 0.25) is 5.91 Å². The highest BCUT2D eigenvalue weighted by Gasteiger charge is 2.31. The first-order valence-corrected chi connectivity index (χ1v) is 9.46. The Kier molecular flexibility index (Phi) is 4.39. The highest BCUT2D eigenvalue weighted by atomic mass is 32.2. The molecule has 1 amide bonds. The summed E-state index contributed by atoms with van der Waals surface area (Å²) in [5.74, 6) is 0.0832. The van der Waals surface area contributed by atoms with Gasteiger partial charge in [0.1, 0.15) is 11.9 Å². The minimum Gasteiger partial charge on any atom is -0.352 e. The van der Waals surface area contributed by atoms with Crippen LogP contribution in [0.1, 0.15) is 44.6 Å². The molecule has 0 spiro atoms. The number of aliphatic imine (C=N–C) groups is 1. The van der Waals surface area contributed by atoms with Crippen molar-refractivity contribution in [3.8, 4) is 0 Å². The second kappa shape index (κ2) is 6.31. The van der Waals surface area contributed by atoms with Gasteiger partial charge >= 0.3 is 0 Å². The van der Waals surface area contributed by atoms with Crippen LogP contribution < -0.4 is 10.0 Å². The summed E-state index contributed by atoms with van der Waals surface area (Å²) in [6.07, 6.45) is 5.51. The van der Waals surface area contributed by atoms with Crippen LogP contribution in [0.2, 0.25) is 0 Å². The molecule has 0 bridgehead atoms. The molecule has 1 aliphatic heterocycles. The van der Waals surface area contributed by atoms with Crippen LogP contribution in [-0.2, 0) is 14.8 Å². The van der Waals surface area contributed by atoms with E-state index in [-0.39, 0.29) is 22.7 Å². The van der Waals surface area contributed by atoms with Crippen molar-refractivity contribution in [3.05, 3.63) is 29.8 Å². The van der Waals surface area contributed by atoms with Crippen LogP contribution in [0.15, 0.2) is 34.2 Å². The third-order valence-electron chi connectivity index (χ3n) is 4.32. The van der Waals surface area contributed by atoms with Gasteiger partial charge in [0.25, 0.3) is 10.0 Å². The molecule has 1 fully saturated rings. The van der Waals surface area contributed by atoms with Gasteiger partial charge in [-0.25, -0.2) is 8.42 Å². The summed E-state index contributed by atoms with van der Waals surface area (Å²) in [6.45, 7) is 1.68. The van der Waals surface area contributed by atoms with Crippen LogP contribution in [0, 0.1) is 0 Å². The van der Waals surface area contributed by atoms with Gasteiger partial charge in [-0.3, -0.25) is 14.5 Å². The van der Waals surface area contributed by atoms with Gasteiger partial charge in [-0.1, -0.05) is 31.4 Å². The number of rotatable bonds is 3. The predicted molar refractivity (Wildman–Crippen MR) is 87.8 cm³/mol. The van der Waals surface area contributed by atoms with E-state index in [2.05, 4.69) is 15.0 Å². The second-order valence-corrected chi connectivity index (χ2v) is 7.75. The van der Waals surface area contributed by atoms with Crippen LogP contribution in [0.5, 0.6) is 0 Å². The number of nitrogens with zero attached hydrogens (tertiary/aromatic N) is 1. The summed E-state index contributed by atoms with van der Waals surface area (Å²) in [6, 6.07) is 6.22. The monoisotopic (exact) mass is 335 g/mol. The number of hydrogen-bond acceptors (Lipinski definition) is 4. The molecule has 7 heteroatoms. The quantitative estimate of drug-likeness (QED) is 0.879. The third-order valence-corrected chi connectivity index (χ3v) is 5.71. The van der Waals surface area contributed by atoms with Crippen molar-refractivity contribution in [3.63, 3.8) is 0 Å². The smallest absolute Gasteiger partial charge is 0.263 e. The number of carbonyl (C=O) groups excluding carboxylic acids is 1. The lowest BCUT2D eigenvalue weighted by Gasteiger charge is -2.23. The second-order valence-electron chi connectivity index (χ2n) is 6.10. The minimum atomic E-state index is -3.57. The van der Waals surface area contributed by atoms with E-state index < -0.39 is 16.1 Å². The van der Waals surface area contributed by atoms with Crippen molar-refractivity contribution in [1.82, 2.24) is 10.0 Å². The molecule has 0 unspecified atom stereocenters. The number of carbonyl (C=O) groups is 1. The SMILES string of the molecule is C[C@@H](N=C1NS(=O)(=O)c2ccccc21)C(=O)NC1CCCCC1. The standard InChI is InChI=1S/C16H21N3O3S/c1-11(16(20)18-12-7-3-2-4-8-12)17-15-13-9-5-6-10-14(13)23(21,22)19-15/h5-6,9-12H,2-4,7-8H2,1H3,(H,17,19)(H,18,20)/t11-/m1/s1. The number of amidine groups is 1. The number of sulfonamides is 1. The lowest BCUT2D eigenvalue weighted by Crippen LogP contribution is -2.41. The fourth-order valence-electron chi connectivity index (χ4n) is 3.05. The Bertz CT molecular complexity index is 737. The van der Waals surface area contributed by atoms with Crippen LogP contribution in [0.4, 0.5) is 0 Å². The lowest BCUT2D eigenvalue weighted by atomic mass is 9.95. The maximum atomic E-state index is 12.3. The molecule has 0 radical (unpaired) electrons. The molecule has 124 valence electrons. The van der Waals surface area contributed by atoms with Crippen LogP contribution in [-0.4, -0.2) is 32.2 Å². The lowest BCUT2D eigenvalue weighted by molar-refractivity contribution is -0.122. The molecule has 6 nitrogen and oxygen atoms in total. The van der Waals surface area contributed by atoms with E-state index in [1.165, 1.54) is 12.5 Å². The Balaban J connectivity index is 1.75. The summed E-state index contributed by atoms with van der Waals surface area (Å²) in [4.78, 5) is 16.8. The van der Waals surface area contributed by atoms with E-state index in [0.29, 0.717) is 5.56 Å². The largest absolute Gasteiger partial charge is 0.352 e. The topological polar surface area (TPSA) is 87.6 Å². The first kappa shape index (κ1) is 16.0. The van der Waals surface area contributed by atoms with Crippen molar-refractivity contribution < 1.29 is 13.2 Å².